The van der Waals surface area contributed by atoms with E-state index in [1.165, 1.54) is 45.2 Å². The van der Waals surface area contributed by atoms with Crippen LogP contribution in [0.1, 0.15) is 46.0 Å². The van der Waals surface area contributed by atoms with Crippen molar-refractivity contribution in [1.82, 2.24) is 10.2 Å². The fourth-order valence-corrected chi connectivity index (χ4v) is 4.51. The van der Waals surface area contributed by atoms with Gasteiger partial charge in [0.15, 0.2) is 0 Å². The van der Waals surface area contributed by atoms with E-state index in [4.69, 9.17) is 0 Å². The van der Waals surface area contributed by atoms with Gasteiger partial charge >= 0.3 is 0 Å². The quantitative estimate of drug-likeness (QED) is 0.836. The highest BCUT2D eigenvalue weighted by atomic mass is 32.2. The fraction of sp³-hybridized carbons (Fsp3) is 1.00. The van der Waals surface area contributed by atoms with Gasteiger partial charge in [-0.2, -0.15) is 11.8 Å². The molecule has 1 aliphatic heterocycles. The first-order chi connectivity index (χ1) is 8.26. The van der Waals surface area contributed by atoms with E-state index >= 15 is 0 Å². The normalized spacial score (nSPS) is 40.4. The highest BCUT2D eigenvalue weighted by Gasteiger charge is 2.35. The largest absolute Gasteiger partial charge is 0.311 e. The zero-order valence-corrected chi connectivity index (χ0v) is 12.4. The minimum Gasteiger partial charge on any atom is -0.311 e. The van der Waals surface area contributed by atoms with Crippen LogP contribution in [0.15, 0.2) is 0 Å². The minimum atomic E-state index is 0.669. The smallest absolute Gasteiger partial charge is 0.0222 e. The van der Waals surface area contributed by atoms with E-state index in [1.807, 2.05) is 0 Å². The van der Waals surface area contributed by atoms with Gasteiger partial charge in [-0.05, 0) is 32.4 Å². The summed E-state index contributed by atoms with van der Waals surface area (Å²) in [6.45, 7) is 7.11. The van der Waals surface area contributed by atoms with E-state index in [9.17, 15) is 0 Å². The lowest BCUT2D eigenvalue weighted by Gasteiger charge is -2.47. The van der Waals surface area contributed by atoms with Gasteiger partial charge in [-0.15, -0.1) is 0 Å². The Morgan fingerprint density at radius 1 is 1.29 bits per heavy atom. The molecule has 1 aliphatic carbocycles. The van der Waals surface area contributed by atoms with Gasteiger partial charge in [0.05, 0.1) is 0 Å². The first kappa shape index (κ1) is 13.7. The zero-order chi connectivity index (χ0) is 12.3. The molecule has 2 nitrogen and oxygen atoms in total. The molecule has 3 heteroatoms. The van der Waals surface area contributed by atoms with Gasteiger partial charge in [0.25, 0.3) is 0 Å². The lowest BCUT2D eigenvalue weighted by Crippen LogP contribution is -2.60. The molecule has 4 unspecified atom stereocenters. The van der Waals surface area contributed by atoms with E-state index in [0.29, 0.717) is 6.04 Å². The summed E-state index contributed by atoms with van der Waals surface area (Å²) in [7, 11) is 0. The van der Waals surface area contributed by atoms with Gasteiger partial charge in [-0.3, -0.25) is 4.90 Å². The molecular weight excluding hydrogens is 228 g/mol. The number of hydrogen-bond donors (Lipinski definition) is 1. The molecule has 0 aromatic rings. The van der Waals surface area contributed by atoms with Crippen LogP contribution < -0.4 is 5.32 Å². The van der Waals surface area contributed by atoms with Crippen LogP contribution in [-0.2, 0) is 0 Å². The Bertz CT molecular complexity index is 234. The maximum absolute atomic E-state index is 3.64. The zero-order valence-electron chi connectivity index (χ0n) is 11.6. The summed E-state index contributed by atoms with van der Waals surface area (Å²) in [5.41, 5.74) is 0. The third kappa shape index (κ3) is 3.18. The standard InChI is InChI=1S/C14H28N2S/c1-4-12-9-15-11(2)10-16(12)13-7-5-6-8-14(13)17-3/h11-15H,4-10H2,1-3H3. The summed E-state index contributed by atoms with van der Waals surface area (Å²) in [4.78, 5) is 2.83. The number of hydrogen-bond acceptors (Lipinski definition) is 3. The summed E-state index contributed by atoms with van der Waals surface area (Å²) >= 11 is 2.10. The number of rotatable bonds is 3. The molecule has 2 fully saturated rings. The molecule has 0 aromatic carbocycles. The Hall–Kier alpha value is 0.270. The molecule has 1 heterocycles. The van der Waals surface area contributed by atoms with Crippen LogP contribution in [0.4, 0.5) is 0 Å². The molecule has 0 bridgehead atoms. The molecular formula is C14H28N2S. The van der Waals surface area contributed by atoms with E-state index in [2.05, 4.69) is 42.1 Å². The molecule has 100 valence electrons. The van der Waals surface area contributed by atoms with Crippen molar-refractivity contribution < 1.29 is 0 Å². The molecule has 0 aromatic heterocycles. The number of nitrogens with one attached hydrogen (secondary N) is 1. The predicted molar refractivity (Wildman–Crippen MR) is 77.8 cm³/mol. The van der Waals surface area contributed by atoms with Gasteiger partial charge in [0, 0.05) is 36.5 Å². The third-order valence-electron chi connectivity index (χ3n) is 4.52. The second-order valence-electron chi connectivity index (χ2n) is 5.69. The number of thioether (sulfide) groups is 1. The fourth-order valence-electron chi connectivity index (χ4n) is 3.50. The van der Waals surface area contributed by atoms with E-state index in [1.54, 1.807) is 0 Å². The highest BCUT2D eigenvalue weighted by Crippen LogP contribution is 2.32. The van der Waals surface area contributed by atoms with Crippen molar-refractivity contribution in [2.24, 2.45) is 0 Å². The van der Waals surface area contributed by atoms with Crippen LogP contribution >= 0.6 is 11.8 Å². The SMILES string of the molecule is CCC1CNC(C)CN1C1CCCCC1SC. The summed E-state index contributed by atoms with van der Waals surface area (Å²) in [6.07, 6.45) is 9.33. The second kappa shape index (κ2) is 6.44. The molecule has 1 saturated carbocycles. The number of piperazine rings is 1. The average Bonchev–Trinajstić information content (AvgIpc) is 2.38. The third-order valence-corrected chi connectivity index (χ3v) is 5.68. The van der Waals surface area contributed by atoms with Gasteiger partial charge < -0.3 is 5.32 Å². The Kier molecular flexibility index (Phi) is 5.19. The van der Waals surface area contributed by atoms with Crippen molar-refractivity contribution in [1.29, 1.82) is 0 Å². The summed E-state index contributed by atoms with van der Waals surface area (Å²) in [5, 5.41) is 4.51. The molecule has 17 heavy (non-hydrogen) atoms. The predicted octanol–water partition coefficient (Wildman–Crippen LogP) is 2.73. The van der Waals surface area contributed by atoms with Gasteiger partial charge in [0.2, 0.25) is 0 Å². The Morgan fingerprint density at radius 2 is 2.06 bits per heavy atom. The van der Waals surface area contributed by atoms with Crippen molar-refractivity contribution in [2.75, 3.05) is 19.3 Å². The van der Waals surface area contributed by atoms with E-state index in [0.717, 1.165) is 17.3 Å². The van der Waals surface area contributed by atoms with E-state index < -0.39 is 0 Å². The molecule has 4 atom stereocenters. The van der Waals surface area contributed by atoms with Crippen LogP contribution in [0.2, 0.25) is 0 Å². The van der Waals surface area contributed by atoms with Crippen LogP contribution in [0, 0.1) is 0 Å². The number of nitrogens with zero attached hydrogens (tertiary/aromatic N) is 1. The van der Waals surface area contributed by atoms with Gasteiger partial charge in [-0.25, -0.2) is 0 Å². The van der Waals surface area contributed by atoms with Gasteiger partial charge in [-0.1, -0.05) is 19.8 Å². The Labute approximate surface area is 111 Å². The first-order valence-corrected chi connectivity index (χ1v) is 8.57. The minimum absolute atomic E-state index is 0.669. The van der Waals surface area contributed by atoms with Crippen molar-refractivity contribution in [2.45, 2.75) is 69.3 Å². The van der Waals surface area contributed by atoms with Crippen molar-refractivity contribution in [3.05, 3.63) is 0 Å². The molecule has 1 N–H and O–H groups in total. The Morgan fingerprint density at radius 3 is 2.76 bits per heavy atom. The summed E-state index contributed by atoms with van der Waals surface area (Å²) in [6, 6.07) is 2.28. The van der Waals surface area contributed by atoms with Gasteiger partial charge in [0.1, 0.15) is 0 Å². The summed E-state index contributed by atoms with van der Waals surface area (Å²) in [5.74, 6) is 0. The maximum Gasteiger partial charge on any atom is 0.0222 e. The molecule has 2 aliphatic rings. The van der Waals surface area contributed by atoms with E-state index in [-0.39, 0.29) is 0 Å². The summed E-state index contributed by atoms with van der Waals surface area (Å²) < 4.78 is 0. The van der Waals surface area contributed by atoms with Crippen LogP contribution in [0.25, 0.3) is 0 Å². The van der Waals surface area contributed by atoms with Crippen molar-refractivity contribution in [3.63, 3.8) is 0 Å². The monoisotopic (exact) mass is 256 g/mol. The van der Waals surface area contributed by atoms with Crippen molar-refractivity contribution in [3.8, 4) is 0 Å². The molecule has 0 spiro atoms. The second-order valence-corrected chi connectivity index (χ2v) is 6.77. The topological polar surface area (TPSA) is 15.3 Å². The molecule has 0 radical (unpaired) electrons. The molecule has 2 rings (SSSR count). The van der Waals surface area contributed by atoms with Crippen LogP contribution in [0.3, 0.4) is 0 Å². The molecule has 1 saturated heterocycles. The average molecular weight is 256 g/mol. The Balaban J connectivity index is 2.05. The van der Waals surface area contributed by atoms with Crippen LogP contribution in [0.5, 0.6) is 0 Å². The van der Waals surface area contributed by atoms with Crippen molar-refractivity contribution >= 4 is 11.8 Å². The molecule has 0 amide bonds. The van der Waals surface area contributed by atoms with Crippen LogP contribution in [-0.4, -0.2) is 47.6 Å². The first-order valence-electron chi connectivity index (χ1n) is 7.28. The lowest BCUT2D eigenvalue weighted by molar-refractivity contribution is 0.0665. The highest BCUT2D eigenvalue weighted by molar-refractivity contribution is 7.99. The maximum atomic E-state index is 3.64. The lowest BCUT2D eigenvalue weighted by atomic mass is 9.91.